The zero-order valence-electron chi connectivity index (χ0n) is 11.5. The van der Waals surface area contributed by atoms with Gasteiger partial charge in [0, 0.05) is 11.6 Å². The van der Waals surface area contributed by atoms with Gasteiger partial charge < -0.3 is 9.26 Å². The van der Waals surface area contributed by atoms with Crippen LogP contribution in [0.15, 0.2) is 59.1 Å². The van der Waals surface area contributed by atoms with E-state index in [2.05, 4.69) is 17.3 Å². The van der Waals surface area contributed by atoms with E-state index < -0.39 is 0 Å². The number of hydrogen-bond acceptors (Lipinski definition) is 3. The first kappa shape index (κ1) is 12.5. The van der Waals surface area contributed by atoms with Gasteiger partial charge in [-0.15, -0.1) is 0 Å². The van der Waals surface area contributed by atoms with Crippen LogP contribution in [-0.4, -0.2) is 12.3 Å². The topological polar surface area (TPSA) is 35.3 Å². The minimum Gasteiger partial charge on any atom is -0.497 e. The number of methoxy groups -OCH3 is 1. The van der Waals surface area contributed by atoms with E-state index in [1.807, 2.05) is 49.4 Å². The summed E-state index contributed by atoms with van der Waals surface area (Å²) in [6, 6.07) is 18.1. The molecule has 0 radical (unpaired) electrons. The van der Waals surface area contributed by atoms with Crippen LogP contribution in [0.5, 0.6) is 5.75 Å². The summed E-state index contributed by atoms with van der Waals surface area (Å²) in [5, 5.41) is 4.11. The molecular formula is C17H15NO2. The Morgan fingerprint density at radius 1 is 0.950 bits per heavy atom. The number of nitrogens with zero attached hydrogens (tertiary/aromatic N) is 1. The average molecular weight is 265 g/mol. The molecule has 0 fully saturated rings. The Labute approximate surface area is 117 Å². The lowest BCUT2D eigenvalue weighted by atomic mass is 9.97. The van der Waals surface area contributed by atoms with E-state index in [4.69, 9.17) is 9.26 Å². The molecule has 0 unspecified atom stereocenters. The fraction of sp³-hybridized carbons (Fsp3) is 0.118. The summed E-state index contributed by atoms with van der Waals surface area (Å²) >= 11 is 0. The van der Waals surface area contributed by atoms with E-state index in [0.29, 0.717) is 0 Å². The van der Waals surface area contributed by atoms with Crippen molar-refractivity contribution < 1.29 is 9.26 Å². The Kier molecular flexibility index (Phi) is 3.25. The molecule has 0 aliphatic heterocycles. The molecule has 3 aromatic rings. The summed E-state index contributed by atoms with van der Waals surface area (Å²) in [5.74, 6) is 1.65. The van der Waals surface area contributed by atoms with Gasteiger partial charge >= 0.3 is 0 Å². The largest absolute Gasteiger partial charge is 0.497 e. The van der Waals surface area contributed by atoms with Gasteiger partial charge in [0.1, 0.15) is 17.2 Å². The number of aryl methyl sites for hydroxylation is 1. The molecule has 100 valence electrons. The van der Waals surface area contributed by atoms with Crippen molar-refractivity contribution in [2.75, 3.05) is 7.11 Å². The maximum atomic E-state index is 5.29. The van der Waals surface area contributed by atoms with E-state index in [-0.39, 0.29) is 0 Å². The number of aromatic nitrogens is 1. The first-order valence-corrected chi connectivity index (χ1v) is 6.45. The van der Waals surface area contributed by atoms with Crippen LogP contribution < -0.4 is 4.74 Å². The number of benzene rings is 2. The molecule has 0 amide bonds. The standard InChI is InChI=1S/C17H15NO2/c1-12-10-17(18-20-12)16-9-4-3-8-15(16)13-6-5-7-14(11-13)19-2/h3-11H,1-2H3. The smallest absolute Gasteiger partial charge is 0.134 e. The van der Waals surface area contributed by atoms with Gasteiger partial charge in [-0.2, -0.15) is 0 Å². The maximum Gasteiger partial charge on any atom is 0.134 e. The summed E-state index contributed by atoms with van der Waals surface area (Å²) in [7, 11) is 1.67. The van der Waals surface area contributed by atoms with Crippen LogP contribution in [0.1, 0.15) is 5.76 Å². The highest BCUT2D eigenvalue weighted by atomic mass is 16.5. The molecule has 1 aromatic heterocycles. The van der Waals surface area contributed by atoms with Crippen LogP contribution in [0.3, 0.4) is 0 Å². The molecule has 0 bridgehead atoms. The van der Waals surface area contributed by atoms with Crippen molar-refractivity contribution in [1.82, 2.24) is 5.16 Å². The van der Waals surface area contributed by atoms with Crippen LogP contribution in [0.25, 0.3) is 22.4 Å². The van der Waals surface area contributed by atoms with Gasteiger partial charge in [-0.1, -0.05) is 41.6 Å². The predicted molar refractivity (Wildman–Crippen MR) is 78.7 cm³/mol. The van der Waals surface area contributed by atoms with E-state index in [1.54, 1.807) is 7.11 Å². The average Bonchev–Trinajstić information content (AvgIpc) is 2.94. The lowest BCUT2D eigenvalue weighted by Crippen LogP contribution is -1.87. The monoisotopic (exact) mass is 265 g/mol. The molecule has 0 saturated heterocycles. The van der Waals surface area contributed by atoms with Gasteiger partial charge in [0.2, 0.25) is 0 Å². The molecule has 0 aliphatic carbocycles. The SMILES string of the molecule is COc1cccc(-c2ccccc2-c2cc(C)on2)c1. The Bertz CT molecular complexity index is 731. The van der Waals surface area contributed by atoms with Crippen molar-refractivity contribution in [3.63, 3.8) is 0 Å². The highest BCUT2D eigenvalue weighted by Gasteiger charge is 2.10. The summed E-state index contributed by atoms with van der Waals surface area (Å²) < 4.78 is 10.5. The van der Waals surface area contributed by atoms with E-state index in [1.165, 1.54) is 0 Å². The van der Waals surface area contributed by atoms with Gasteiger partial charge in [-0.3, -0.25) is 0 Å². The third-order valence-electron chi connectivity index (χ3n) is 3.21. The van der Waals surface area contributed by atoms with Gasteiger partial charge in [0.05, 0.1) is 7.11 Å². The molecule has 0 N–H and O–H groups in total. The quantitative estimate of drug-likeness (QED) is 0.707. The number of rotatable bonds is 3. The van der Waals surface area contributed by atoms with Crippen molar-refractivity contribution in [2.24, 2.45) is 0 Å². The normalized spacial score (nSPS) is 10.5. The second kappa shape index (κ2) is 5.21. The first-order chi connectivity index (χ1) is 9.78. The third-order valence-corrected chi connectivity index (χ3v) is 3.21. The molecule has 1 heterocycles. The van der Waals surface area contributed by atoms with Gasteiger partial charge in [0.25, 0.3) is 0 Å². The molecule has 20 heavy (non-hydrogen) atoms. The van der Waals surface area contributed by atoms with Crippen LogP contribution in [-0.2, 0) is 0 Å². The number of hydrogen-bond donors (Lipinski definition) is 0. The van der Waals surface area contributed by atoms with Crippen LogP contribution in [0.4, 0.5) is 0 Å². The summed E-state index contributed by atoms with van der Waals surface area (Å²) in [5.41, 5.74) is 4.11. The van der Waals surface area contributed by atoms with Crippen LogP contribution >= 0.6 is 0 Å². The molecule has 0 saturated carbocycles. The van der Waals surface area contributed by atoms with Crippen molar-refractivity contribution in [1.29, 1.82) is 0 Å². The molecule has 0 atom stereocenters. The van der Waals surface area contributed by atoms with Gasteiger partial charge in [-0.25, -0.2) is 0 Å². The Morgan fingerprint density at radius 2 is 1.75 bits per heavy atom. The van der Waals surface area contributed by atoms with Crippen molar-refractivity contribution in [3.05, 3.63) is 60.4 Å². The van der Waals surface area contributed by atoms with Crippen molar-refractivity contribution >= 4 is 0 Å². The van der Waals surface area contributed by atoms with Gasteiger partial charge in [-0.05, 0) is 30.2 Å². The second-order valence-corrected chi connectivity index (χ2v) is 4.60. The molecule has 2 aromatic carbocycles. The zero-order valence-corrected chi connectivity index (χ0v) is 11.5. The minimum atomic E-state index is 0.806. The summed E-state index contributed by atoms with van der Waals surface area (Å²) in [6.07, 6.45) is 0. The zero-order chi connectivity index (χ0) is 13.9. The fourth-order valence-electron chi connectivity index (χ4n) is 2.24. The second-order valence-electron chi connectivity index (χ2n) is 4.60. The molecule has 3 nitrogen and oxygen atoms in total. The van der Waals surface area contributed by atoms with Crippen LogP contribution in [0, 0.1) is 6.92 Å². The minimum absolute atomic E-state index is 0.806. The van der Waals surface area contributed by atoms with Crippen LogP contribution in [0.2, 0.25) is 0 Å². The van der Waals surface area contributed by atoms with Crippen molar-refractivity contribution in [2.45, 2.75) is 6.92 Å². The highest BCUT2D eigenvalue weighted by Crippen LogP contribution is 2.33. The molecule has 0 aliphatic rings. The lowest BCUT2D eigenvalue weighted by Gasteiger charge is -2.08. The van der Waals surface area contributed by atoms with Crippen molar-refractivity contribution in [3.8, 4) is 28.1 Å². The lowest BCUT2D eigenvalue weighted by molar-refractivity contribution is 0.399. The predicted octanol–water partition coefficient (Wildman–Crippen LogP) is 4.33. The fourth-order valence-corrected chi connectivity index (χ4v) is 2.24. The summed E-state index contributed by atoms with van der Waals surface area (Å²) in [6.45, 7) is 1.89. The molecule has 0 spiro atoms. The van der Waals surface area contributed by atoms with E-state index >= 15 is 0 Å². The molecule has 3 heteroatoms. The van der Waals surface area contributed by atoms with E-state index in [0.717, 1.165) is 33.9 Å². The molecule has 3 rings (SSSR count). The summed E-state index contributed by atoms with van der Waals surface area (Å²) in [4.78, 5) is 0. The number of ether oxygens (including phenoxy) is 1. The first-order valence-electron chi connectivity index (χ1n) is 6.45. The third kappa shape index (κ3) is 2.30. The highest BCUT2D eigenvalue weighted by molar-refractivity contribution is 5.82. The van der Waals surface area contributed by atoms with Gasteiger partial charge in [0.15, 0.2) is 0 Å². The Hall–Kier alpha value is -2.55. The maximum absolute atomic E-state index is 5.29. The van der Waals surface area contributed by atoms with E-state index in [9.17, 15) is 0 Å². The molecular weight excluding hydrogens is 250 g/mol. The Balaban J connectivity index is 2.14. The Morgan fingerprint density at radius 3 is 2.45 bits per heavy atom.